The summed E-state index contributed by atoms with van der Waals surface area (Å²) in [5.41, 5.74) is 2.73. The molecule has 0 spiro atoms. The normalized spacial score (nSPS) is 16.4. The van der Waals surface area contributed by atoms with Crippen molar-refractivity contribution in [3.63, 3.8) is 0 Å². The van der Waals surface area contributed by atoms with Crippen molar-refractivity contribution in [2.45, 2.75) is 33.6 Å². The molecule has 1 aromatic heterocycles. The number of aromatic nitrogens is 1. The monoisotopic (exact) mass is 397 g/mol. The lowest BCUT2D eigenvalue weighted by atomic mass is 9.96. The van der Waals surface area contributed by atoms with Crippen molar-refractivity contribution in [2.24, 2.45) is 5.92 Å². The van der Waals surface area contributed by atoms with Crippen molar-refractivity contribution in [2.75, 3.05) is 25.0 Å². The Hall–Kier alpha value is -3.09. The molecule has 29 heavy (non-hydrogen) atoms. The Labute approximate surface area is 170 Å². The molecule has 1 unspecified atom stereocenters. The predicted molar refractivity (Wildman–Crippen MR) is 110 cm³/mol. The molecular formula is C22H27N3O4. The number of nitrogens with one attached hydrogen (secondary N) is 2. The van der Waals surface area contributed by atoms with Crippen LogP contribution in [0, 0.1) is 19.8 Å². The number of para-hydroxylation sites is 1. The van der Waals surface area contributed by atoms with Gasteiger partial charge < -0.3 is 19.9 Å². The summed E-state index contributed by atoms with van der Waals surface area (Å²) in [7, 11) is 0. The van der Waals surface area contributed by atoms with Gasteiger partial charge in [-0.25, -0.2) is 4.79 Å². The van der Waals surface area contributed by atoms with Crippen molar-refractivity contribution >= 4 is 23.5 Å². The summed E-state index contributed by atoms with van der Waals surface area (Å²) in [6, 6.07) is 9.30. The van der Waals surface area contributed by atoms with E-state index in [1.54, 1.807) is 25.7 Å². The zero-order valence-electron chi connectivity index (χ0n) is 17.1. The van der Waals surface area contributed by atoms with Gasteiger partial charge >= 0.3 is 5.97 Å². The van der Waals surface area contributed by atoms with E-state index in [0.29, 0.717) is 35.6 Å². The van der Waals surface area contributed by atoms with E-state index in [9.17, 15) is 14.4 Å². The standard InChI is InChI=1S/C22H27N3O4/c1-4-29-22(28)18-14(2)19(23-15(18)3)21(27)25-12-8-9-16(13-25)20(26)24-17-10-6-5-7-11-17/h5-7,10-11,16,23H,4,8-9,12-13H2,1-3H3,(H,24,26). The lowest BCUT2D eigenvalue weighted by molar-refractivity contribution is -0.121. The Balaban J connectivity index is 1.72. The molecule has 7 heteroatoms. The minimum Gasteiger partial charge on any atom is -0.462 e. The second-order valence-corrected chi connectivity index (χ2v) is 7.29. The summed E-state index contributed by atoms with van der Waals surface area (Å²) in [6.45, 7) is 6.45. The van der Waals surface area contributed by atoms with Crippen molar-refractivity contribution < 1.29 is 19.1 Å². The number of esters is 1. The molecule has 7 nitrogen and oxygen atoms in total. The largest absolute Gasteiger partial charge is 0.462 e. The van der Waals surface area contributed by atoms with Gasteiger partial charge in [-0.05, 0) is 51.3 Å². The number of aryl methyl sites for hydroxylation is 1. The van der Waals surface area contributed by atoms with Crippen LogP contribution in [-0.2, 0) is 9.53 Å². The summed E-state index contributed by atoms with van der Waals surface area (Å²) in [5, 5.41) is 2.92. The minimum atomic E-state index is -0.434. The Kier molecular flexibility index (Phi) is 6.36. The van der Waals surface area contributed by atoms with Crippen molar-refractivity contribution in [3.8, 4) is 0 Å². The van der Waals surface area contributed by atoms with E-state index in [2.05, 4.69) is 10.3 Å². The molecule has 1 aromatic carbocycles. The van der Waals surface area contributed by atoms with Crippen LogP contribution in [0.2, 0.25) is 0 Å². The van der Waals surface area contributed by atoms with Gasteiger partial charge in [-0.2, -0.15) is 0 Å². The quantitative estimate of drug-likeness (QED) is 0.758. The van der Waals surface area contributed by atoms with Crippen LogP contribution < -0.4 is 5.32 Å². The van der Waals surface area contributed by atoms with Gasteiger partial charge in [-0.1, -0.05) is 18.2 Å². The van der Waals surface area contributed by atoms with Gasteiger partial charge in [-0.15, -0.1) is 0 Å². The number of benzene rings is 1. The van der Waals surface area contributed by atoms with E-state index in [-0.39, 0.29) is 24.3 Å². The SMILES string of the molecule is CCOC(=O)c1c(C)[nH]c(C(=O)N2CCCC(C(=O)Nc3ccccc3)C2)c1C. The average molecular weight is 397 g/mol. The van der Waals surface area contributed by atoms with E-state index >= 15 is 0 Å². The molecule has 2 heterocycles. The number of H-pyrrole nitrogens is 1. The van der Waals surface area contributed by atoms with Crippen LogP contribution in [0.5, 0.6) is 0 Å². The fourth-order valence-corrected chi connectivity index (χ4v) is 3.77. The number of carbonyl (C=O) groups excluding carboxylic acids is 3. The van der Waals surface area contributed by atoms with Gasteiger partial charge in [0.05, 0.1) is 18.1 Å². The molecule has 1 saturated heterocycles. The third kappa shape index (κ3) is 4.50. The predicted octanol–water partition coefficient (Wildman–Crippen LogP) is 3.30. The topological polar surface area (TPSA) is 91.5 Å². The summed E-state index contributed by atoms with van der Waals surface area (Å²) in [4.78, 5) is 42.7. The van der Waals surface area contributed by atoms with Crippen molar-refractivity contribution in [1.82, 2.24) is 9.88 Å². The molecule has 2 amide bonds. The van der Waals surface area contributed by atoms with Gasteiger partial charge in [-0.3, -0.25) is 9.59 Å². The number of hydrogen-bond acceptors (Lipinski definition) is 4. The maximum Gasteiger partial charge on any atom is 0.340 e. The van der Waals surface area contributed by atoms with Crippen LogP contribution in [0.1, 0.15) is 51.9 Å². The Morgan fingerprint density at radius 1 is 1.21 bits per heavy atom. The molecule has 0 saturated carbocycles. The summed E-state index contributed by atoms with van der Waals surface area (Å²) in [5.74, 6) is -0.982. The van der Waals surface area contributed by atoms with E-state index in [0.717, 1.165) is 18.5 Å². The first-order chi connectivity index (χ1) is 13.9. The highest BCUT2D eigenvalue weighted by molar-refractivity contribution is 6.01. The molecule has 154 valence electrons. The van der Waals surface area contributed by atoms with E-state index < -0.39 is 5.97 Å². The van der Waals surface area contributed by atoms with E-state index in [4.69, 9.17) is 4.74 Å². The zero-order chi connectivity index (χ0) is 21.0. The van der Waals surface area contributed by atoms with Crippen molar-refractivity contribution in [3.05, 3.63) is 52.8 Å². The molecule has 0 bridgehead atoms. The van der Waals surface area contributed by atoms with E-state index in [1.807, 2.05) is 30.3 Å². The number of nitrogens with zero attached hydrogens (tertiary/aromatic N) is 1. The number of rotatable bonds is 5. The van der Waals surface area contributed by atoms with Gasteiger partial charge in [0.1, 0.15) is 5.69 Å². The van der Waals surface area contributed by atoms with Crippen LogP contribution in [-0.4, -0.2) is 47.4 Å². The fourth-order valence-electron chi connectivity index (χ4n) is 3.77. The number of aromatic amines is 1. The third-order valence-electron chi connectivity index (χ3n) is 5.25. The van der Waals surface area contributed by atoms with Crippen LogP contribution >= 0.6 is 0 Å². The van der Waals surface area contributed by atoms with Crippen LogP contribution in [0.15, 0.2) is 30.3 Å². The first-order valence-electron chi connectivity index (χ1n) is 9.93. The van der Waals surface area contributed by atoms with Crippen LogP contribution in [0.4, 0.5) is 5.69 Å². The molecule has 1 atom stereocenters. The fraction of sp³-hybridized carbons (Fsp3) is 0.409. The smallest absolute Gasteiger partial charge is 0.340 e. The second-order valence-electron chi connectivity index (χ2n) is 7.29. The number of ether oxygens (including phenoxy) is 1. The highest BCUT2D eigenvalue weighted by atomic mass is 16.5. The van der Waals surface area contributed by atoms with Crippen LogP contribution in [0.3, 0.4) is 0 Å². The summed E-state index contributed by atoms with van der Waals surface area (Å²) < 4.78 is 5.10. The number of piperidine rings is 1. The van der Waals surface area contributed by atoms with Crippen LogP contribution in [0.25, 0.3) is 0 Å². The maximum absolute atomic E-state index is 13.1. The molecule has 1 aliphatic rings. The average Bonchev–Trinajstić information content (AvgIpc) is 3.02. The Bertz CT molecular complexity index is 904. The van der Waals surface area contributed by atoms with E-state index in [1.165, 1.54) is 0 Å². The first-order valence-corrected chi connectivity index (χ1v) is 9.93. The molecule has 0 radical (unpaired) electrons. The minimum absolute atomic E-state index is 0.0831. The van der Waals surface area contributed by atoms with Crippen molar-refractivity contribution in [1.29, 1.82) is 0 Å². The van der Waals surface area contributed by atoms with Gasteiger partial charge in [0.25, 0.3) is 5.91 Å². The van der Waals surface area contributed by atoms with Gasteiger partial charge in [0.15, 0.2) is 0 Å². The number of hydrogen-bond donors (Lipinski definition) is 2. The second kappa shape index (κ2) is 8.94. The molecule has 1 aliphatic heterocycles. The maximum atomic E-state index is 13.1. The lowest BCUT2D eigenvalue weighted by Gasteiger charge is -2.32. The highest BCUT2D eigenvalue weighted by Crippen LogP contribution is 2.24. The summed E-state index contributed by atoms with van der Waals surface area (Å²) >= 11 is 0. The molecule has 1 fully saturated rings. The van der Waals surface area contributed by atoms with Gasteiger partial charge in [0, 0.05) is 24.5 Å². The molecule has 2 aromatic rings. The first kappa shape index (κ1) is 20.6. The molecular weight excluding hydrogens is 370 g/mol. The zero-order valence-corrected chi connectivity index (χ0v) is 17.1. The molecule has 2 N–H and O–H groups in total. The number of anilines is 1. The third-order valence-corrected chi connectivity index (χ3v) is 5.25. The lowest BCUT2D eigenvalue weighted by Crippen LogP contribution is -2.44. The number of carbonyl (C=O) groups is 3. The Morgan fingerprint density at radius 3 is 2.62 bits per heavy atom. The number of amides is 2. The molecule has 3 rings (SSSR count). The Morgan fingerprint density at radius 2 is 1.93 bits per heavy atom. The summed E-state index contributed by atoms with van der Waals surface area (Å²) in [6.07, 6.45) is 1.49. The highest BCUT2D eigenvalue weighted by Gasteiger charge is 2.31. The van der Waals surface area contributed by atoms with Gasteiger partial charge in [0.2, 0.25) is 5.91 Å². The molecule has 0 aliphatic carbocycles. The number of likely N-dealkylation sites (tertiary alicyclic amines) is 1.